The van der Waals surface area contributed by atoms with E-state index in [0.717, 1.165) is 25.2 Å². The molecule has 2 N–H and O–H groups in total. The summed E-state index contributed by atoms with van der Waals surface area (Å²) in [6.07, 6.45) is 8.74. The molecule has 3 aromatic rings. The molecule has 10 heteroatoms. The van der Waals surface area contributed by atoms with Gasteiger partial charge in [-0.15, -0.1) is 0 Å². The van der Waals surface area contributed by atoms with Gasteiger partial charge in [0.15, 0.2) is 5.82 Å². The van der Waals surface area contributed by atoms with Gasteiger partial charge in [-0.3, -0.25) is 4.98 Å². The Hall–Kier alpha value is -3.55. The molecule has 0 radical (unpaired) electrons. The van der Waals surface area contributed by atoms with Crippen molar-refractivity contribution >= 4 is 38.6 Å². The van der Waals surface area contributed by atoms with E-state index in [0.29, 0.717) is 28.7 Å². The quantitative estimate of drug-likeness (QED) is 0.608. The van der Waals surface area contributed by atoms with Gasteiger partial charge >= 0.3 is 0 Å². The lowest BCUT2D eigenvalue weighted by Crippen LogP contribution is -2.26. The predicted octanol–water partition coefficient (Wildman–Crippen LogP) is 3.58. The number of nitrogens with zero attached hydrogens (tertiary/aromatic N) is 6. The standard InChI is InChI=1S/C22H24N8OS/c1-30-7-6-15-4-5-18(8-16(15)14-30)27-22-25-11-17(10-23)21(28-22)26-19-9-20(13-24-12-19)29-32(2,3)31/h4-5,8-9,11-13H,6-7,14H2,1-3H3,(H2,25,26,27,28). The van der Waals surface area contributed by atoms with Crippen LogP contribution in [0.15, 0.2) is 47.2 Å². The molecule has 0 bridgehead atoms. The van der Waals surface area contributed by atoms with Gasteiger partial charge < -0.3 is 15.5 Å². The molecule has 9 nitrogen and oxygen atoms in total. The van der Waals surface area contributed by atoms with Crippen molar-refractivity contribution in [2.24, 2.45) is 4.36 Å². The maximum atomic E-state index is 12.0. The second-order valence-corrected chi connectivity index (χ2v) is 10.5. The largest absolute Gasteiger partial charge is 0.338 e. The topological polar surface area (TPSA) is 119 Å². The fourth-order valence-electron chi connectivity index (χ4n) is 3.46. The Balaban J connectivity index is 1.59. The lowest BCUT2D eigenvalue weighted by Gasteiger charge is -2.25. The van der Waals surface area contributed by atoms with Crippen LogP contribution in [-0.2, 0) is 22.7 Å². The first-order chi connectivity index (χ1) is 15.3. The molecule has 0 amide bonds. The summed E-state index contributed by atoms with van der Waals surface area (Å²) in [4.78, 5) is 15.2. The minimum Gasteiger partial charge on any atom is -0.338 e. The van der Waals surface area contributed by atoms with Crippen molar-refractivity contribution in [1.29, 1.82) is 5.26 Å². The van der Waals surface area contributed by atoms with Crippen LogP contribution in [0.25, 0.3) is 0 Å². The number of benzene rings is 1. The molecule has 2 aromatic heterocycles. The van der Waals surface area contributed by atoms with Crippen molar-refractivity contribution in [3.8, 4) is 6.07 Å². The van der Waals surface area contributed by atoms with Crippen molar-refractivity contribution in [1.82, 2.24) is 19.9 Å². The first-order valence-corrected chi connectivity index (χ1v) is 12.4. The molecule has 0 saturated carbocycles. The molecule has 32 heavy (non-hydrogen) atoms. The highest BCUT2D eigenvalue weighted by molar-refractivity contribution is 7.92. The number of rotatable bonds is 5. The number of pyridine rings is 1. The normalized spacial score (nSPS) is 13.7. The van der Waals surface area contributed by atoms with Gasteiger partial charge in [-0.2, -0.15) is 14.6 Å². The molecule has 0 spiro atoms. The molecule has 0 atom stereocenters. The Morgan fingerprint density at radius 1 is 1.12 bits per heavy atom. The number of hydrogen-bond donors (Lipinski definition) is 2. The number of anilines is 4. The van der Waals surface area contributed by atoms with Crippen LogP contribution >= 0.6 is 0 Å². The fourth-order valence-corrected chi connectivity index (χ4v) is 4.07. The predicted molar refractivity (Wildman–Crippen MR) is 126 cm³/mol. The first-order valence-electron chi connectivity index (χ1n) is 10.0. The zero-order chi connectivity index (χ0) is 22.7. The highest BCUT2D eigenvalue weighted by Crippen LogP contribution is 2.26. The van der Waals surface area contributed by atoms with Crippen LogP contribution < -0.4 is 10.6 Å². The number of nitrogens with one attached hydrogen (secondary N) is 2. The van der Waals surface area contributed by atoms with E-state index in [1.807, 2.05) is 6.07 Å². The van der Waals surface area contributed by atoms with Gasteiger partial charge in [0.1, 0.15) is 11.6 Å². The van der Waals surface area contributed by atoms with Gasteiger partial charge in [0.25, 0.3) is 0 Å². The zero-order valence-electron chi connectivity index (χ0n) is 18.2. The maximum Gasteiger partial charge on any atom is 0.229 e. The second-order valence-electron chi connectivity index (χ2n) is 7.99. The summed E-state index contributed by atoms with van der Waals surface area (Å²) in [6.45, 7) is 1.96. The van der Waals surface area contributed by atoms with E-state index in [9.17, 15) is 9.47 Å². The van der Waals surface area contributed by atoms with Crippen molar-refractivity contribution in [3.63, 3.8) is 0 Å². The van der Waals surface area contributed by atoms with Gasteiger partial charge in [0.2, 0.25) is 5.95 Å². The number of likely N-dealkylation sites (N-methyl/N-ethyl adjacent to an activating group) is 1. The lowest BCUT2D eigenvalue weighted by molar-refractivity contribution is 0.313. The number of hydrogen-bond acceptors (Lipinski definition) is 9. The third kappa shape index (κ3) is 5.38. The molecule has 1 aromatic carbocycles. The Labute approximate surface area is 187 Å². The summed E-state index contributed by atoms with van der Waals surface area (Å²) in [5.74, 6) is 0.713. The molecule has 0 unspecified atom stereocenters. The van der Waals surface area contributed by atoms with Crippen LogP contribution in [0.3, 0.4) is 0 Å². The van der Waals surface area contributed by atoms with Crippen LogP contribution in [-0.4, -0.2) is 50.2 Å². The summed E-state index contributed by atoms with van der Waals surface area (Å²) in [7, 11) is -0.203. The Morgan fingerprint density at radius 2 is 1.97 bits per heavy atom. The van der Waals surface area contributed by atoms with Crippen molar-refractivity contribution < 1.29 is 4.21 Å². The van der Waals surface area contributed by atoms with Crippen LogP contribution in [0.2, 0.25) is 0 Å². The average Bonchev–Trinajstić information content (AvgIpc) is 2.73. The second kappa shape index (κ2) is 8.90. The fraction of sp³-hybridized carbons (Fsp3) is 0.273. The van der Waals surface area contributed by atoms with Gasteiger partial charge in [-0.05, 0) is 42.8 Å². The van der Waals surface area contributed by atoms with Crippen molar-refractivity contribution in [2.45, 2.75) is 13.0 Å². The van der Waals surface area contributed by atoms with Crippen LogP contribution in [0, 0.1) is 11.3 Å². The van der Waals surface area contributed by atoms with E-state index >= 15 is 0 Å². The minimum absolute atomic E-state index is 0.291. The van der Waals surface area contributed by atoms with E-state index in [-0.39, 0.29) is 0 Å². The van der Waals surface area contributed by atoms with Gasteiger partial charge in [0, 0.05) is 41.0 Å². The molecule has 4 rings (SSSR count). The van der Waals surface area contributed by atoms with E-state index in [1.54, 1.807) is 24.8 Å². The third-order valence-electron chi connectivity index (χ3n) is 4.89. The van der Waals surface area contributed by atoms with Gasteiger partial charge in [-0.25, -0.2) is 9.19 Å². The number of nitriles is 1. The smallest absolute Gasteiger partial charge is 0.229 e. The van der Waals surface area contributed by atoms with E-state index in [1.165, 1.54) is 23.5 Å². The molecule has 3 heterocycles. The summed E-state index contributed by atoms with van der Waals surface area (Å²) in [5.41, 5.74) is 4.88. The number of aromatic nitrogens is 3. The van der Waals surface area contributed by atoms with Crippen molar-refractivity contribution in [2.75, 3.05) is 36.7 Å². The molecular formula is C22H24N8OS. The van der Waals surface area contributed by atoms with Crippen LogP contribution in [0.1, 0.15) is 16.7 Å². The summed E-state index contributed by atoms with van der Waals surface area (Å²) in [6, 6.07) is 10.1. The monoisotopic (exact) mass is 448 g/mol. The molecule has 0 aliphatic carbocycles. The van der Waals surface area contributed by atoms with E-state index in [2.05, 4.69) is 60.1 Å². The van der Waals surface area contributed by atoms with E-state index in [4.69, 9.17) is 0 Å². The lowest BCUT2D eigenvalue weighted by atomic mass is 9.99. The maximum absolute atomic E-state index is 12.0. The molecule has 0 saturated heterocycles. The van der Waals surface area contributed by atoms with Gasteiger partial charge in [0.05, 0.1) is 30.0 Å². The summed E-state index contributed by atoms with van der Waals surface area (Å²) < 4.78 is 16.1. The van der Waals surface area contributed by atoms with Gasteiger partial charge in [-0.1, -0.05) is 6.07 Å². The minimum atomic E-state index is -2.31. The molecular weight excluding hydrogens is 424 g/mol. The Kier molecular flexibility index (Phi) is 6.03. The van der Waals surface area contributed by atoms with Crippen LogP contribution in [0.5, 0.6) is 0 Å². The molecule has 1 aliphatic rings. The molecule has 1 aliphatic heterocycles. The van der Waals surface area contributed by atoms with E-state index < -0.39 is 9.73 Å². The third-order valence-corrected chi connectivity index (χ3v) is 5.54. The Morgan fingerprint density at radius 3 is 2.75 bits per heavy atom. The zero-order valence-corrected chi connectivity index (χ0v) is 19.0. The van der Waals surface area contributed by atoms with Crippen LogP contribution in [0.4, 0.5) is 28.8 Å². The van der Waals surface area contributed by atoms with Crippen molar-refractivity contribution in [3.05, 3.63) is 59.5 Å². The Bertz CT molecular complexity index is 1320. The highest BCUT2D eigenvalue weighted by Gasteiger charge is 2.14. The summed E-state index contributed by atoms with van der Waals surface area (Å²) in [5, 5.41) is 15.8. The average molecular weight is 449 g/mol. The molecule has 164 valence electrons. The molecule has 0 fully saturated rings. The first kappa shape index (κ1) is 21.7. The summed E-state index contributed by atoms with van der Waals surface area (Å²) >= 11 is 0. The SMILES string of the molecule is CN1CCc2ccc(Nc3ncc(C#N)c(Nc4cncc(N=S(C)(C)=O)c4)n3)cc2C1. The number of fused-ring (bicyclic) bond motifs is 1. The highest BCUT2D eigenvalue weighted by atomic mass is 32.2.